The summed E-state index contributed by atoms with van der Waals surface area (Å²) in [5.41, 5.74) is 5.56. The van der Waals surface area contributed by atoms with E-state index in [0.29, 0.717) is 23.7 Å². The summed E-state index contributed by atoms with van der Waals surface area (Å²) in [6, 6.07) is 3.79. The molecule has 2 N–H and O–H groups in total. The number of likely N-dealkylation sites (N-methyl/N-ethyl adjacent to an activating group) is 1. The first kappa shape index (κ1) is 25.2. The Bertz CT molecular complexity index is 1200. The molecule has 0 bridgehead atoms. The third-order valence-corrected chi connectivity index (χ3v) is 9.55. The molecule has 192 valence electrons. The highest BCUT2D eigenvalue weighted by atomic mass is 32.2. The van der Waals surface area contributed by atoms with E-state index in [0.717, 1.165) is 63.1 Å². The molecular weight excluding hydrogens is 492 g/mol. The van der Waals surface area contributed by atoms with Crippen LogP contribution >= 0.6 is 23.1 Å². The number of aromatic nitrogens is 1. The SMILES string of the molecule is CCOC(=O)c1sc2c(c1NC(=O)NCC1=C(n3cccc3)CSC3=C1CCN(CC)C3)CCCC2. The Morgan fingerprint density at radius 3 is 2.69 bits per heavy atom. The highest BCUT2D eigenvalue weighted by Crippen LogP contribution is 2.41. The fourth-order valence-corrected chi connectivity index (χ4v) is 7.79. The molecule has 2 aliphatic heterocycles. The number of esters is 1. The quantitative estimate of drug-likeness (QED) is 0.475. The van der Waals surface area contributed by atoms with Crippen LogP contribution in [0.1, 0.15) is 53.2 Å². The minimum absolute atomic E-state index is 0.280. The molecule has 1 aliphatic carbocycles. The number of hydrogen-bond acceptors (Lipinski definition) is 6. The normalized spacial score (nSPS) is 18.1. The van der Waals surface area contributed by atoms with Gasteiger partial charge in [0.2, 0.25) is 0 Å². The highest BCUT2D eigenvalue weighted by Gasteiger charge is 2.29. The van der Waals surface area contributed by atoms with Crippen LogP contribution in [0.3, 0.4) is 0 Å². The number of carbonyl (C=O) groups is 2. The molecule has 5 rings (SSSR count). The Morgan fingerprint density at radius 1 is 1.11 bits per heavy atom. The summed E-state index contributed by atoms with van der Waals surface area (Å²) in [6.45, 7) is 7.84. The number of rotatable bonds is 7. The van der Waals surface area contributed by atoms with Gasteiger partial charge in [0.15, 0.2) is 0 Å². The average Bonchev–Trinajstić information content (AvgIpc) is 3.56. The molecule has 0 saturated heterocycles. The number of thioether (sulfide) groups is 1. The van der Waals surface area contributed by atoms with Crippen LogP contribution in [0, 0.1) is 0 Å². The molecule has 0 atom stereocenters. The van der Waals surface area contributed by atoms with Crippen LogP contribution in [0.2, 0.25) is 0 Å². The fourth-order valence-electron chi connectivity index (χ4n) is 5.24. The predicted octanol–water partition coefficient (Wildman–Crippen LogP) is 5.36. The zero-order valence-corrected chi connectivity index (χ0v) is 22.7. The molecule has 4 heterocycles. The van der Waals surface area contributed by atoms with E-state index < -0.39 is 0 Å². The number of amides is 2. The van der Waals surface area contributed by atoms with Crippen molar-refractivity contribution in [3.05, 3.63) is 55.9 Å². The van der Waals surface area contributed by atoms with Gasteiger partial charge >= 0.3 is 12.0 Å². The lowest BCUT2D eigenvalue weighted by Gasteiger charge is -2.34. The van der Waals surface area contributed by atoms with Crippen molar-refractivity contribution in [1.82, 2.24) is 14.8 Å². The first-order valence-electron chi connectivity index (χ1n) is 12.9. The van der Waals surface area contributed by atoms with E-state index in [9.17, 15) is 9.59 Å². The zero-order valence-electron chi connectivity index (χ0n) is 21.0. The summed E-state index contributed by atoms with van der Waals surface area (Å²) in [5, 5.41) is 6.16. The molecule has 0 fully saturated rings. The Balaban J connectivity index is 1.37. The molecule has 0 aromatic carbocycles. The Kier molecular flexibility index (Phi) is 7.88. The van der Waals surface area contributed by atoms with E-state index in [-0.39, 0.29) is 12.0 Å². The maximum atomic E-state index is 13.2. The minimum atomic E-state index is -0.355. The van der Waals surface area contributed by atoms with Crippen molar-refractivity contribution < 1.29 is 14.3 Å². The summed E-state index contributed by atoms with van der Waals surface area (Å²) in [5.74, 6) is 0.529. The van der Waals surface area contributed by atoms with Gasteiger partial charge in [-0.3, -0.25) is 4.90 Å². The number of aryl methyl sites for hydroxylation is 1. The van der Waals surface area contributed by atoms with E-state index >= 15 is 0 Å². The molecular formula is C27H34N4O3S2. The van der Waals surface area contributed by atoms with Crippen molar-refractivity contribution in [3.63, 3.8) is 0 Å². The third-order valence-electron chi connectivity index (χ3n) is 7.14. The van der Waals surface area contributed by atoms with Gasteiger partial charge in [0.25, 0.3) is 0 Å². The van der Waals surface area contributed by atoms with Crippen LogP contribution < -0.4 is 10.6 Å². The van der Waals surface area contributed by atoms with Crippen LogP contribution in [0.4, 0.5) is 10.5 Å². The second-order valence-electron chi connectivity index (χ2n) is 9.27. The van der Waals surface area contributed by atoms with Gasteiger partial charge < -0.3 is 19.9 Å². The topological polar surface area (TPSA) is 75.6 Å². The lowest BCUT2D eigenvalue weighted by atomic mass is 9.96. The monoisotopic (exact) mass is 526 g/mol. The van der Waals surface area contributed by atoms with Gasteiger partial charge in [-0.1, -0.05) is 6.92 Å². The number of fused-ring (bicyclic) bond motifs is 1. The van der Waals surface area contributed by atoms with E-state index in [4.69, 9.17) is 4.74 Å². The van der Waals surface area contributed by atoms with Crippen LogP contribution in [0.25, 0.3) is 5.70 Å². The van der Waals surface area contributed by atoms with Crippen LogP contribution in [0.15, 0.2) is 40.6 Å². The number of carbonyl (C=O) groups excluding carboxylic acids is 2. The molecule has 2 aromatic rings. The summed E-state index contributed by atoms with van der Waals surface area (Å²) in [7, 11) is 0. The third kappa shape index (κ3) is 5.14. The van der Waals surface area contributed by atoms with Crippen molar-refractivity contribution >= 4 is 46.5 Å². The smallest absolute Gasteiger partial charge is 0.350 e. The molecule has 0 radical (unpaired) electrons. The number of nitrogens with zero attached hydrogens (tertiary/aromatic N) is 2. The fraction of sp³-hybridized carbons (Fsp3) is 0.481. The van der Waals surface area contributed by atoms with E-state index in [1.54, 1.807) is 6.92 Å². The van der Waals surface area contributed by atoms with Crippen molar-refractivity contribution in [2.45, 2.75) is 46.0 Å². The summed E-state index contributed by atoms with van der Waals surface area (Å²) in [4.78, 5) is 31.4. The molecule has 2 aromatic heterocycles. The maximum Gasteiger partial charge on any atom is 0.350 e. The first-order chi connectivity index (χ1) is 17.6. The summed E-state index contributed by atoms with van der Waals surface area (Å²) < 4.78 is 7.47. The number of anilines is 1. The standard InChI is InChI=1S/C27H34N4O3S2/c1-3-30-14-11-18-20(21(17-35-23(18)16-30)31-12-7-8-13-31)15-28-27(33)29-24-19-9-5-6-10-22(19)36-25(24)26(32)34-4-2/h7-8,12-13H,3-6,9-11,14-17H2,1-2H3,(H2,28,29,33). The van der Waals surface area contributed by atoms with Crippen molar-refractivity contribution in [2.24, 2.45) is 0 Å². The van der Waals surface area contributed by atoms with E-state index in [1.165, 1.54) is 38.0 Å². The lowest BCUT2D eigenvalue weighted by molar-refractivity contribution is 0.0533. The molecule has 3 aliphatic rings. The molecule has 0 saturated carbocycles. The van der Waals surface area contributed by atoms with E-state index in [2.05, 4.69) is 39.4 Å². The minimum Gasteiger partial charge on any atom is -0.462 e. The van der Waals surface area contributed by atoms with Crippen molar-refractivity contribution in [2.75, 3.05) is 43.9 Å². The molecule has 0 spiro atoms. The van der Waals surface area contributed by atoms with Gasteiger partial charge in [-0.25, -0.2) is 9.59 Å². The Hall–Kier alpha value is -2.49. The number of thiophene rings is 1. The molecule has 0 unspecified atom stereocenters. The van der Waals surface area contributed by atoms with Crippen LogP contribution in [-0.2, 0) is 17.6 Å². The average molecular weight is 527 g/mol. The number of hydrogen-bond donors (Lipinski definition) is 2. The lowest BCUT2D eigenvalue weighted by Crippen LogP contribution is -2.36. The highest BCUT2D eigenvalue weighted by molar-refractivity contribution is 8.03. The van der Waals surface area contributed by atoms with Gasteiger partial charge in [0.05, 0.1) is 12.3 Å². The second kappa shape index (κ2) is 11.3. The maximum absolute atomic E-state index is 13.2. The Morgan fingerprint density at radius 2 is 1.92 bits per heavy atom. The summed E-state index contributed by atoms with van der Waals surface area (Å²) >= 11 is 3.39. The van der Waals surface area contributed by atoms with Crippen molar-refractivity contribution in [3.8, 4) is 0 Å². The molecule has 9 heteroatoms. The number of nitrogens with one attached hydrogen (secondary N) is 2. The van der Waals surface area contributed by atoms with Gasteiger partial charge in [0.1, 0.15) is 4.88 Å². The van der Waals surface area contributed by atoms with Crippen LogP contribution in [-0.4, -0.2) is 60.0 Å². The predicted molar refractivity (Wildman–Crippen MR) is 148 cm³/mol. The number of urea groups is 1. The molecule has 7 nitrogen and oxygen atoms in total. The zero-order chi connectivity index (χ0) is 25.1. The van der Waals surface area contributed by atoms with Gasteiger partial charge in [-0.15, -0.1) is 23.1 Å². The Labute approximate surface area is 221 Å². The molecule has 36 heavy (non-hydrogen) atoms. The second-order valence-corrected chi connectivity index (χ2v) is 11.4. The van der Waals surface area contributed by atoms with Crippen LogP contribution in [0.5, 0.6) is 0 Å². The van der Waals surface area contributed by atoms with Gasteiger partial charge in [-0.2, -0.15) is 0 Å². The van der Waals surface area contributed by atoms with E-state index in [1.807, 2.05) is 23.9 Å². The van der Waals surface area contributed by atoms with Crippen molar-refractivity contribution in [1.29, 1.82) is 0 Å². The largest absolute Gasteiger partial charge is 0.462 e. The first-order valence-corrected chi connectivity index (χ1v) is 14.7. The van der Waals surface area contributed by atoms with Gasteiger partial charge in [0, 0.05) is 53.3 Å². The summed E-state index contributed by atoms with van der Waals surface area (Å²) in [6.07, 6.45) is 9.15. The van der Waals surface area contributed by atoms with Gasteiger partial charge in [-0.05, 0) is 74.4 Å². The molecule has 2 amide bonds. The number of ether oxygens (including phenoxy) is 1.